The summed E-state index contributed by atoms with van der Waals surface area (Å²) in [5.74, 6) is 0.0673. The summed E-state index contributed by atoms with van der Waals surface area (Å²) in [6.45, 7) is 5.66. The zero-order valence-corrected chi connectivity index (χ0v) is 13.2. The van der Waals surface area contributed by atoms with Gasteiger partial charge in [0.15, 0.2) is 5.69 Å². The lowest BCUT2D eigenvalue weighted by molar-refractivity contribution is -0.141. The van der Waals surface area contributed by atoms with Crippen LogP contribution in [0, 0.1) is 6.92 Å². The van der Waals surface area contributed by atoms with Crippen LogP contribution in [0.1, 0.15) is 31.5 Å². The Labute approximate surface area is 133 Å². The molecule has 4 nitrogen and oxygen atoms in total. The molecular formula is C16H19F3N4. The molecule has 2 N–H and O–H groups in total. The SMILES string of the molecule is CC[C@@H](C)Nc1nc(Nc2ccccc2C)cc(C(F)(F)F)n1. The molecule has 0 amide bonds. The van der Waals surface area contributed by atoms with Gasteiger partial charge in [-0.2, -0.15) is 18.2 Å². The average molecular weight is 324 g/mol. The lowest BCUT2D eigenvalue weighted by atomic mass is 10.2. The van der Waals surface area contributed by atoms with Gasteiger partial charge in [0, 0.05) is 17.8 Å². The summed E-state index contributed by atoms with van der Waals surface area (Å²) in [4.78, 5) is 7.71. The maximum atomic E-state index is 13.0. The smallest absolute Gasteiger partial charge is 0.352 e. The molecule has 7 heteroatoms. The fourth-order valence-electron chi connectivity index (χ4n) is 1.89. The van der Waals surface area contributed by atoms with Crippen LogP contribution in [0.15, 0.2) is 30.3 Å². The summed E-state index contributed by atoms with van der Waals surface area (Å²) in [6.07, 6.45) is -3.78. The van der Waals surface area contributed by atoms with Crippen LogP contribution in [0.4, 0.5) is 30.6 Å². The van der Waals surface area contributed by atoms with Crippen LogP contribution in [0.25, 0.3) is 0 Å². The first-order valence-electron chi connectivity index (χ1n) is 7.35. The van der Waals surface area contributed by atoms with Gasteiger partial charge < -0.3 is 10.6 Å². The highest BCUT2D eigenvalue weighted by Gasteiger charge is 2.33. The van der Waals surface area contributed by atoms with Gasteiger partial charge in [0.25, 0.3) is 0 Å². The Morgan fingerprint density at radius 3 is 2.48 bits per heavy atom. The molecule has 1 aromatic carbocycles. The average Bonchev–Trinajstić information content (AvgIpc) is 2.48. The Hall–Kier alpha value is -2.31. The van der Waals surface area contributed by atoms with E-state index >= 15 is 0 Å². The number of benzene rings is 1. The van der Waals surface area contributed by atoms with Gasteiger partial charge in [-0.05, 0) is 31.9 Å². The molecule has 0 saturated carbocycles. The minimum absolute atomic E-state index is 0.0233. The molecule has 0 unspecified atom stereocenters. The van der Waals surface area contributed by atoms with E-state index in [-0.39, 0.29) is 17.8 Å². The van der Waals surface area contributed by atoms with Gasteiger partial charge >= 0.3 is 6.18 Å². The van der Waals surface area contributed by atoms with Crippen LogP contribution in [-0.4, -0.2) is 16.0 Å². The number of aromatic nitrogens is 2. The molecule has 0 fully saturated rings. The van der Waals surface area contributed by atoms with Gasteiger partial charge in [-0.15, -0.1) is 0 Å². The van der Waals surface area contributed by atoms with Crippen LogP contribution in [0.2, 0.25) is 0 Å². The first-order valence-corrected chi connectivity index (χ1v) is 7.35. The second-order valence-corrected chi connectivity index (χ2v) is 5.35. The molecule has 1 heterocycles. The van der Waals surface area contributed by atoms with E-state index in [1.165, 1.54) is 0 Å². The highest BCUT2D eigenvalue weighted by atomic mass is 19.4. The van der Waals surface area contributed by atoms with Gasteiger partial charge in [-0.3, -0.25) is 0 Å². The molecule has 124 valence electrons. The zero-order chi connectivity index (χ0) is 17.0. The molecule has 2 rings (SSSR count). The molecule has 2 aromatic rings. The number of nitrogens with one attached hydrogen (secondary N) is 2. The molecule has 0 radical (unpaired) electrons. The Kier molecular flexibility index (Phi) is 5.08. The molecular weight excluding hydrogens is 305 g/mol. The minimum atomic E-state index is -4.53. The van der Waals surface area contributed by atoms with Crippen LogP contribution in [0.3, 0.4) is 0 Å². The standard InChI is InChI=1S/C16H19F3N4/c1-4-11(3)20-15-22-13(16(17,18)19)9-14(23-15)21-12-8-6-5-7-10(12)2/h5-9,11H,4H2,1-3H3,(H2,20,21,22,23)/t11-/m1/s1. The van der Waals surface area contributed by atoms with Crippen molar-refractivity contribution in [2.75, 3.05) is 10.6 Å². The Bertz CT molecular complexity index is 671. The summed E-state index contributed by atoms with van der Waals surface area (Å²) in [7, 11) is 0. The van der Waals surface area contributed by atoms with Gasteiger partial charge in [0.05, 0.1) is 0 Å². The first-order chi connectivity index (χ1) is 10.8. The van der Waals surface area contributed by atoms with Crippen molar-refractivity contribution in [3.8, 4) is 0 Å². The Morgan fingerprint density at radius 1 is 1.17 bits per heavy atom. The topological polar surface area (TPSA) is 49.8 Å². The summed E-state index contributed by atoms with van der Waals surface area (Å²) in [5, 5.41) is 5.81. The molecule has 23 heavy (non-hydrogen) atoms. The largest absolute Gasteiger partial charge is 0.433 e. The van der Waals surface area contributed by atoms with Crippen molar-refractivity contribution in [2.45, 2.75) is 39.4 Å². The van der Waals surface area contributed by atoms with Gasteiger partial charge in [-0.1, -0.05) is 25.1 Å². The van der Waals surface area contributed by atoms with E-state index in [0.29, 0.717) is 5.69 Å². The van der Waals surface area contributed by atoms with Crippen molar-refractivity contribution in [3.05, 3.63) is 41.6 Å². The summed E-state index contributed by atoms with van der Waals surface area (Å²) in [5.41, 5.74) is 0.638. The van der Waals surface area contributed by atoms with E-state index < -0.39 is 11.9 Å². The number of anilines is 3. The molecule has 1 atom stereocenters. The fourth-order valence-corrected chi connectivity index (χ4v) is 1.89. The number of nitrogens with zero attached hydrogens (tertiary/aromatic N) is 2. The first kappa shape index (κ1) is 17.1. The van der Waals surface area contributed by atoms with Gasteiger partial charge in [0.1, 0.15) is 5.82 Å². The van der Waals surface area contributed by atoms with E-state index in [4.69, 9.17) is 0 Å². The van der Waals surface area contributed by atoms with Crippen molar-refractivity contribution < 1.29 is 13.2 Å². The van der Waals surface area contributed by atoms with E-state index in [1.54, 1.807) is 12.1 Å². The molecule has 1 aromatic heterocycles. The molecule has 0 aliphatic heterocycles. The van der Waals surface area contributed by atoms with Crippen LogP contribution >= 0.6 is 0 Å². The molecule has 0 spiro atoms. The van der Waals surface area contributed by atoms with Gasteiger partial charge in [0.2, 0.25) is 5.95 Å². The maximum absolute atomic E-state index is 13.0. The third-order valence-electron chi connectivity index (χ3n) is 3.41. The summed E-state index contributed by atoms with van der Waals surface area (Å²) in [6, 6.07) is 8.20. The number of alkyl halides is 3. The molecule has 0 aliphatic carbocycles. The lowest BCUT2D eigenvalue weighted by Crippen LogP contribution is -2.18. The third kappa shape index (κ3) is 4.58. The predicted octanol–water partition coefficient (Wildman–Crippen LogP) is 4.76. The monoisotopic (exact) mass is 324 g/mol. The van der Waals surface area contributed by atoms with Crippen LogP contribution in [0.5, 0.6) is 0 Å². The summed E-state index contributed by atoms with van der Waals surface area (Å²) < 4.78 is 39.1. The van der Waals surface area contributed by atoms with Crippen molar-refractivity contribution in [2.24, 2.45) is 0 Å². The van der Waals surface area contributed by atoms with E-state index in [0.717, 1.165) is 18.1 Å². The number of halogens is 3. The van der Waals surface area contributed by atoms with Crippen LogP contribution < -0.4 is 10.6 Å². The minimum Gasteiger partial charge on any atom is -0.352 e. The lowest BCUT2D eigenvalue weighted by Gasteiger charge is -2.16. The van der Waals surface area contributed by atoms with Crippen molar-refractivity contribution in [1.82, 2.24) is 9.97 Å². The van der Waals surface area contributed by atoms with Crippen molar-refractivity contribution in [1.29, 1.82) is 0 Å². The number of aryl methyl sites for hydroxylation is 1. The third-order valence-corrected chi connectivity index (χ3v) is 3.41. The number of para-hydroxylation sites is 1. The molecule has 0 aliphatic rings. The fraction of sp³-hybridized carbons (Fsp3) is 0.375. The quantitative estimate of drug-likeness (QED) is 0.833. The predicted molar refractivity (Wildman–Crippen MR) is 84.9 cm³/mol. The number of hydrogen-bond donors (Lipinski definition) is 2. The van der Waals surface area contributed by atoms with E-state index in [9.17, 15) is 13.2 Å². The summed E-state index contributed by atoms with van der Waals surface area (Å²) >= 11 is 0. The second-order valence-electron chi connectivity index (χ2n) is 5.35. The zero-order valence-electron chi connectivity index (χ0n) is 13.2. The molecule has 0 saturated heterocycles. The van der Waals surface area contributed by atoms with Crippen molar-refractivity contribution >= 4 is 17.5 Å². The number of rotatable bonds is 5. The maximum Gasteiger partial charge on any atom is 0.433 e. The second kappa shape index (κ2) is 6.85. The normalized spacial score (nSPS) is 12.8. The Balaban J connectivity index is 2.38. The van der Waals surface area contributed by atoms with Crippen LogP contribution in [-0.2, 0) is 6.18 Å². The number of hydrogen-bond acceptors (Lipinski definition) is 4. The highest BCUT2D eigenvalue weighted by Crippen LogP contribution is 2.31. The van der Waals surface area contributed by atoms with Gasteiger partial charge in [-0.25, -0.2) is 4.98 Å². The highest BCUT2D eigenvalue weighted by molar-refractivity contribution is 5.61. The molecule has 0 bridgehead atoms. The van der Waals surface area contributed by atoms with E-state index in [2.05, 4.69) is 20.6 Å². The van der Waals surface area contributed by atoms with E-state index in [1.807, 2.05) is 32.9 Å². The Morgan fingerprint density at radius 2 is 1.87 bits per heavy atom. The van der Waals surface area contributed by atoms with Crippen molar-refractivity contribution in [3.63, 3.8) is 0 Å².